The molecule has 6 nitrogen and oxygen atoms in total. The van der Waals surface area contributed by atoms with Gasteiger partial charge >= 0.3 is 6.03 Å². The van der Waals surface area contributed by atoms with Gasteiger partial charge in [-0.15, -0.1) is 0 Å². The Labute approximate surface area is 139 Å². The van der Waals surface area contributed by atoms with Gasteiger partial charge in [0.1, 0.15) is 0 Å². The fraction of sp³-hybridized carbons (Fsp3) is 0.375. The van der Waals surface area contributed by atoms with Crippen LogP contribution in [0.3, 0.4) is 0 Å². The number of nitrogens with zero attached hydrogens (tertiary/aromatic N) is 3. The van der Waals surface area contributed by atoms with E-state index in [0.29, 0.717) is 23.8 Å². The molecule has 3 rings (SSSR count). The Morgan fingerprint density at radius 2 is 2.26 bits per heavy atom. The zero-order valence-corrected chi connectivity index (χ0v) is 13.4. The first-order valence-electron chi connectivity index (χ1n) is 7.63. The highest BCUT2D eigenvalue weighted by Crippen LogP contribution is 2.21. The molecule has 1 saturated heterocycles. The fourth-order valence-corrected chi connectivity index (χ4v) is 2.98. The minimum Gasteiger partial charge on any atom is -0.396 e. The molecular formula is C16H19ClN4O2. The zero-order valence-electron chi connectivity index (χ0n) is 12.7. The van der Waals surface area contributed by atoms with Gasteiger partial charge < -0.3 is 15.3 Å². The van der Waals surface area contributed by atoms with Gasteiger partial charge in [0.15, 0.2) is 0 Å². The number of carbonyl (C=O) groups excluding carboxylic acids is 1. The minimum atomic E-state index is -0.165. The number of carbonyl (C=O) groups is 1. The van der Waals surface area contributed by atoms with Crippen molar-refractivity contribution >= 4 is 23.3 Å². The molecule has 2 N–H and O–H groups in total. The van der Waals surface area contributed by atoms with Gasteiger partial charge in [-0.3, -0.25) is 0 Å². The van der Waals surface area contributed by atoms with E-state index in [1.165, 1.54) is 0 Å². The second-order valence-corrected chi connectivity index (χ2v) is 6.10. The van der Waals surface area contributed by atoms with Gasteiger partial charge in [0.05, 0.1) is 28.8 Å². The maximum atomic E-state index is 12.3. The average molecular weight is 335 g/mol. The monoisotopic (exact) mass is 334 g/mol. The van der Waals surface area contributed by atoms with Crippen LogP contribution in [0.15, 0.2) is 36.7 Å². The summed E-state index contributed by atoms with van der Waals surface area (Å²) in [6.45, 7) is 1.41. The SMILES string of the molecule is O=C(Nc1cnn(-c2ccccc2Cl)c1)N1CCCC(CO)C1. The van der Waals surface area contributed by atoms with Crippen molar-refractivity contribution in [2.75, 3.05) is 25.0 Å². The van der Waals surface area contributed by atoms with Crippen LogP contribution in [0.1, 0.15) is 12.8 Å². The van der Waals surface area contributed by atoms with E-state index in [0.717, 1.165) is 18.5 Å². The summed E-state index contributed by atoms with van der Waals surface area (Å²) in [4.78, 5) is 14.0. The van der Waals surface area contributed by atoms with Gasteiger partial charge in [0.2, 0.25) is 0 Å². The van der Waals surface area contributed by atoms with Crippen LogP contribution in [0.4, 0.5) is 10.5 Å². The van der Waals surface area contributed by atoms with Crippen LogP contribution in [0.5, 0.6) is 0 Å². The Hall–Kier alpha value is -2.05. The van der Waals surface area contributed by atoms with E-state index < -0.39 is 0 Å². The summed E-state index contributed by atoms with van der Waals surface area (Å²) >= 11 is 6.15. The van der Waals surface area contributed by atoms with E-state index in [1.54, 1.807) is 28.0 Å². The van der Waals surface area contributed by atoms with Gasteiger partial charge in [-0.1, -0.05) is 23.7 Å². The lowest BCUT2D eigenvalue weighted by molar-refractivity contribution is 0.136. The van der Waals surface area contributed by atoms with E-state index in [9.17, 15) is 9.90 Å². The molecule has 122 valence electrons. The molecule has 1 aromatic heterocycles. The summed E-state index contributed by atoms with van der Waals surface area (Å²) in [6, 6.07) is 7.22. The van der Waals surface area contributed by atoms with Crippen molar-refractivity contribution in [2.45, 2.75) is 12.8 Å². The van der Waals surface area contributed by atoms with E-state index in [4.69, 9.17) is 11.6 Å². The smallest absolute Gasteiger partial charge is 0.321 e. The number of rotatable bonds is 3. The summed E-state index contributed by atoms with van der Waals surface area (Å²) in [5.74, 6) is 0.167. The number of aliphatic hydroxyl groups excluding tert-OH is 1. The van der Waals surface area contributed by atoms with Crippen LogP contribution in [0, 0.1) is 5.92 Å². The first kappa shape index (κ1) is 15.8. The predicted molar refractivity (Wildman–Crippen MR) is 89.0 cm³/mol. The number of aliphatic hydroxyl groups is 1. The van der Waals surface area contributed by atoms with Gasteiger partial charge in [-0.05, 0) is 30.9 Å². The van der Waals surface area contributed by atoms with E-state index in [-0.39, 0.29) is 18.6 Å². The van der Waals surface area contributed by atoms with Crippen LogP contribution < -0.4 is 5.32 Å². The minimum absolute atomic E-state index is 0.119. The van der Waals surface area contributed by atoms with Crippen LogP contribution in [0.25, 0.3) is 5.69 Å². The Balaban J connectivity index is 1.67. The largest absolute Gasteiger partial charge is 0.396 e. The van der Waals surface area contributed by atoms with Gasteiger partial charge in [-0.25, -0.2) is 9.48 Å². The zero-order chi connectivity index (χ0) is 16.2. The second-order valence-electron chi connectivity index (χ2n) is 5.69. The number of hydrogen-bond donors (Lipinski definition) is 2. The molecule has 2 aromatic rings. The first-order chi connectivity index (χ1) is 11.2. The molecule has 2 amide bonds. The van der Waals surface area contributed by atoms with Crippen LogP contribution in [0.2, 0.25) is 5.02 Å². The number of urea groups is 1. The number of nitrogens with one attached hydrogen (secondary N) is 1. The molecule has 1 aliphatic heterocycles. The lowest BCUT2D eigenvalue weighted by Crippen LogP contribution is -2.43. The van der Waals surface area contributed by atoms with Crippen LogP contribution >= 0.6 is 11.6 Å². The van der Waals surface area contributed by atoms with Crippen LogP contribution in [-0.2, 0) is 0 Å². The Kier molecular flexibility index (Phi) is 4.83. The summed E-state index contributed by atoms with van der Waals surface area (Å²) < 4.78 is 1.63. The molecule has 0 radical (unpaired) electrons. The maximum absolute atomic E-state index is 12.3. The molecule has 0 aliphatic carbocycles. The number of piperidine rings is 1. The summed E-state index contributed by atoms with van der Waals surface area (Å²) in [6.07, 6.45) is 5.20. The van der Waals surface area contributed by atoms with Crippen molar-refractivity contribution in [3.63, 3.8) is 0 Å². The molecule has 1 atom stereocenters. The number of likely N-dealkylation sites (tertiary alicyclic amines) is 1. The fourth-order valence-electron chi connectivity index (χ4n) is 2.76. The molecule has 0 saturated carbocycles. The van der Waals surface area contributed by atoms with Crippen molar-refractivity contribution in [2.24, 2.45) is 5.92 Å². The highest BCUT2D eigenvalue weighted by atomic mass is 35.5. The highest BCUT2D eigenvalue weighted by molar-refractivity contribution is 6.32. The van der Waals surface area contributed by atoms with Crippen molar-refractivity contribution in [3.8, 4) is 5.69 Å². The summed E-state index contributed by atoms with van der Waals surface area (Å²) in [7, 11) is 0. The summed E-state index contributed by atoms with van der Waals surface area (Å²) in [5.41, 5.74) is 1.37. The van der Waals surface area contributed by atoms with E-state index in [1.807, 2.05) is 18.2 Å². The lowest BCUT2D eigenvalue weighted by atomic mass is 9.99. The molecule has 1 fully saturated rings. The Morgan fingerprint density at radius 3 is 3.04 bits per heavy atom. The molecule has 7 heteroatoms. The highest BCUT2D eigenvalue weighted by Gasteiger charge is 2.23. The molecule has 1 unspecified atom stereocenters. The number of halogens is 1. The first-order valence-corrected chi connectivity index (χ1v) is 8.01. The number of hydrogen-bond acceptors (Lipinski definition) is 3. The molecular weight excluding hydrogens is 316 g/mol. The van der Waals surface area contributed by atoms with Crippen molar-refractivity contribution < 1.29 is 9.90 Å². The van der Waals surface area contributed by atoms with Crippen molar-refractivity contribution in [3.05, 3.63) is 41.7 Å². The number of para-hydroxylation sites is 1. The van der Waals surface area contributed by atoms with Gasteiger partial charge in [0.25, 0.3) is 0 Å². The second kappa shape index (κ2) is 7.02. The number of aromatic nitrogens is 2. The molecule has 2 heterocycles. The third-order valence-electron chi connectivity index (χ3n) is 4.00. The summed E-state index contributed by atoms with van der Waals surface area (Å²) in [5, 5.41) is 16.9. The third-order valence-corrected chi connectivity index (χ3v) is 4.32. The average Bonchev–Trinajstić information content (AvgIpc) is 3.03. The lowest BCUT2D eigenvalue weighted by Gasteiger charge is -2.31. The number of benzene rings is 1. The number of anilines is 1. The quantitative estimate of drug-likeness (QED) is 0.906. The van der Waals surface area contributed by atoms with Crippen molar-refractivity contribution in [1.29, 1.82) is 0 Å². The van der Waals surface area contributed by atoms with E-state index >= 15 is 0 Å². The Morgan fingerprint density at radius 1 is 1.43 bits per heavy atom. The molecule has 0 bridgehead atoms. The molecule has 23 heavy (non-hydrogen) atoms. The van der Waals surface area contributed by atoms with Gasteiger partial charge in [0, 0.05) is 19.7 Å². The van der Waals surface area contributed by atoms with Gasteiger partial charge in [-0.2, -0.15) is 5.10 Å². The molecule has 0 spiro atoms. The standard InChI is InChI=1S/C16H19ClN4O2/c17-14-5-1-2-6-15(14)21-10-13(8-18-21)19-16(23)20-7-3-4-12(9-20)11-22/h1-2,5-6,8,10,12,22H,3-4,7,9,11H2,(H,19,23). The maximum Gasteiger partial charge on any atom is 0.321 e. The van der Waals surface area contributed by atoms with Crippen LogP contribution in [-0.4, -0.2) is 45.5 Å². The Bertz CT molecular complexity index is 688. The topological polar surface area (TPSA) is 70.4 Å². The normalized spacial score (nSPS) is 18.0. The third kappa shape index (κ3) is 3.65. The van der Waals surface area contributed by atoms with Crippen molar-refractivity contribution in [1.82, 2.24) is 14.7 Å². The number of amides is 2. The molecule has 1 aliphatic rings. The predicted octanol–water partition coefficient (Wildman–Crippen LogP) is 2.76. The van der Waals surface area contributed by atoms with E-state index in [2.05, 4.69) is 10.4 Å². The molecule has 1 aromatic carbocycles.